The summed E-state index contributed by atoms with van der Waals surface area (Å²) in [5.41, 5.74) is 0.178. The van der Waals surface area contributed by atoms with Crippen molar-refractivity contribution in [2.75, 3.05) is 0 Å². The molecule has 1 aromatic rings. The van der Waals surface area contributed by atoms with Crippen LogP contribution in [0.3, 0.4) is 0 Å². The van der Waals surface area contributed by atoms with Crippen molar-refractivity contribution in [3.05, 3.63) is 29.8 Å². The predicted molar refractivity (Wildman–Crippen MR) is 76.9 cm³/mol. The van der Waals surface area contributed by atoms with Crippen molar-refractivity contribution in [3.63, 3.8) is 0 Å². The molecule has 1 fully saturated rings. The standard InChI is InChI=1S/C16H23FN2O/c1-16(2,3)12-8-4-5-9-13(12)19-15(20)11-7-6-10-18-14(11)17/h6-7,10,12-13H,4-5,8-9H2,1-3H3,(H,19,20). The fourth-order valence-electron chi connectivity index (χ4n) is 3.14. The fourth-order valence-corrected chi connectivity index (χ4v) is 3.14. The van der Waals surface area contributed by atoms with Crippen LogP contribution in [0.1, 0.15) is 56.8 Å². The van der Waals surface area contributed by atoms with E-state index in [2.05, 4.69) is 31.1 Å². The van der Waals surface area contributed by atoms with E-state index in [0.29, 0.717) is 5.92 Å². The third kappa shape index (κ3) is 3.35. The van der Waals surface area contributed by atoms with Crippen LogP contribution in [0.15, 0.2) is 18.3 Å². The number of hydrogen-bond donors (Lipinski definition) is 1. The number of aromatic nitrogens is 1. The highest BCUT2D eigenvalue weighted by atomic mass is 19.1. The molecule has 4 heteroatoms. The second kappa shape index (κ2) is 5.90. The van der Waals surface area contributed by atoms with Gasteiger partial charge in [0, 0.05) is 12.2 Å². The molecule has 0 saturated heterocycles. The Balaban J connectivity index is 2.11. The Morgan fingerprint density at radius 3 is 2.70 bits per heavy atom. The predicted octanol–water partition coefficient (Wildman–Crippen LogP) is 3.56. The van der Waals surface area contributed by atoms with Gasteiger partial charge < -0.3 is 5.32 Å². The lowest BCUT2D eigenvalue weighted by Crippen LogP contribution is -2.46. The molecule has 20 heavy (non-hydrogen) atoms. The number of rotatable bonds is 2. The summed E-state index contributed by atoms with van der Waals surface area (Å²) in [7, 11) is 0. The van der Waals surface area contributed by atoms with Crippen LogP contribution in [0.2, 0.25) is 0 Å². The van der Waals surface area contributed by atoms with E-state index in [1.165, 1.54) is 18.7 Å². The average Bonchev–Trinajstić information content (AvgIpc) is 2.38. The fraction of sp³-hybridized carbons (Fsp3) is 0.625. The Bertz CT molecular complexity index is 482. The van der Waals surface area contributed by atoms with Crippen molar-refractivity contribution in [1.29, 1.82) is 0 Å². The van der Waals surface area contributed by atoms with Crippen LogP contribution in [0.5, 0.6) is 0 Å². The summed E-state index contributed by atoms with van der Waals surface area (Å²) < 4.78 is 13.6. The lowest BCUT2D eigenvalue weighted by molar-refractivity contribution is 0.0825. The maximum Gasteiger partial charge on any atom is 0.256 e. The van der Waals surface area contributed by atoms with Gasteiger partial charge in [-0.15, -0.1) is 0 Å². The Hall–Kier alpha value is -1.45. The largest absolute Gasteiger partial charge is 0.349 e. The Kier molecular flexibility index (Phi) is 4.41. The second-order valence-electron chi connectivity index (χ2n) is 6.68. The lowest BCUT2D eigenvalue weighted by atomic mass is 9.69. The first-order valence-corrected chi connectivity index (χ1v) is 7.31. The molecular weight excluding hydrogens is 255 g/mol. The third-order valence-electron chi connectivity index (χ3n) is 4.20. The average molecular weight is 278 g/mol. The van der Waals surface area contributed by atoms with Gasteiger partial charge in [0.05, 0.1) is 5.56 Å². The molecule has 1 saturated carbocycles. The van der Waals surface area contributed by atoms with Crippen LogP contribution in [0.4, 0.5) is 4.39 Å². The van der Waals surface area contributed by atoms with Gasteiger partial charge in [-0.05, 0) is 36.3 Å². The van der Waals surface area contributed by atoms with Crippen LogP contribution < -0.4 is 5.32 Å². The molecule has 2 atom stereocenters. The minimum absolute atomic E-state index is 0.0331. The quantitative estimate of drug-likeness (QED) is 0.840. The first kappa shape index (κ1) is 14.9. The van der Waals surface area contributed by atoms with Crippen LogP contribution >= 0.6 is 0 Å². The number of halogens is 1. The Labute approximate surface area is 120 Å². The zero-order valence-electron chi connectivity index (χ0n) is 12.4. The SMILES string of the molecule is CC(C)(C)C1CCCCC1NC(=O)c1cccnc1F. The number of pyridine rings is 1. The van der Waals surface area contributed by atoms with Gasteiger partial charge in [0.1, 0.15) is 0 Å². The number of carbonyl (C=O) groups is 1. The van der Waals surface area contributed by atoms with Gasteiger partial charge >= 0.3 is 0 Å². The van der Waals surface area contributed by atoms with Crippen LogP contribution in [-0.4, -0.2) is 16.9 Å². The smallest absolute Gasteiger partial charge is 0.256 e. The molecule has 0 aromatic carbocycles. The van der Waals surface area contributed by atoms with Crippen molar-refractivity contribution < 1.29 is 9.18 Å². The molecule has 1 amide bonds. The summed E-state index contributed by atoms with van der Waals surface area (Å²) in [6.45, 7) is 6.60. The molecular formula is C16H23FN2O. The summed E-state index contributed by atoms with van der Waals surface area (Å²) in [6.07, 6.45) is 5.76. The number of nitrogens with one attached hydrogen (secondary N) is 1. The summed E-state index contributed by atoms with van der Waals surface area (Å²) in [4.78, 5) is 15.7. The van der Waals surface area contributed by atoms with E-state index in [-0.39, 0.29) is 22.9 Å². The molecule has 0 aliphatic heterocycles. The van der Waals surface area contributed by atoms with E-state index in [0.717, 1.165) is 19.3 Å². The minimum Gasteiger partial charge on any atom is -0.349 e. The molecule has 0 spiro atoms. The van der Waals surface area contributed by atoms with Crippen LogP contribution in [0, 0.1) is 17.3 Å². The van der Waals surface area contributed by atoms with E-state index >= 15 is 0 Å². The van der Waals surface area contributed by atoms with E-state index in [1.807, 2.05) is 0 Å². The number of carbonyl (C=O) groups excluding carboxylic acids is 1. The second-order valence-corrected chi connectivity index (χ2v) is 6.68. The van der Waals surface area contributed by atoms with Gasteiger partial charge in [0.15, 0.2) is 0 Å². The van der Waals surface area contributed by atoms with Gasteiger partial charge in [-0.2, -0.15) is 4.39 Å². The number of amides is 1. The molecule has 1 heterocycles. The maximum absolute atomic E-state index is 13.6. The minimum atomic E-state index is -0.701. The van der Waals surface area contributed by atoms with E-state index in [4.69, 9.17) is 0 Å². The van der Waals surface area contributed by atoms with E-state index in [9.17, 15) is 9.18 Å². The maximum atomic E-state index is 13.6. The molecule has 110 valence electrons. The van der Waals surface area contributed by atoms with Crippen molar-refractivity contribution in [2.45, 2.75) is 52.5 Å². The highest BCUT2D eigenvalue weighted by Crippen LogP contribution is 2.38. The van der Waals surface area contributed by atoms with Gasteiger partial charge in [-0.1, -0.05) is 33.6 Å². The van der Waals surface area contributed by atoms with E-state index in [1.54, 1.807) is 6.07 Å². The summed E-state index contributed by atoms with van der Waals surface area (Å²) in [5, 5.41) is 3.01. The zero-order chi connectivity index (χ0) is 14.8. The molecule has 1 aromatic heterocycles. The van der Waals surface area contributed by atoms with Gasteiger partial charge in [0.25, 0.3) is 5.91 Å². The lowest BCUT2D eigenvalue weighted by Gasteiger charge is -2.40. The highest BCUT2D eigenvalue weighted by Gasteiger charge is 2.35. The summed E-state index contributed by atoms with van der Waals surface area (Å²) in [6, 6.07) is 3.18. The Morgan fingerprint density at radius 1 is 1.35 bits per heavy atom. The summed E-state index contributed by atoms with van der Waals surface area (Å²) in [5.74, 6) is -0.621. The highest BCUT2D eigenvalue weighted by molar-refractivity contribution is 5.94. The molecule has 0 bridgehead atoms. The number of nitrogens with zero attached hydrogens (tertiary/aromatic N) is 1. The van der Waals surface area contributed by atoms with Crippen molar-refractivity contribution in [3.8, 4) is 0 Å². The first-order valence-electron chi connectivity index (χ1n) is 7.31. The van der Waals surface area contributed by atoms with Crippen molar-refractivity contribution in [1.82, 2.24) is 10.3 Å². The normalized spacial score (nSPS) is 23.4. The monoisotopic (exact) mass is 278 g/mol. The zero-order valence-corrected chi connectivity index (χ0v) is 12.4. The van der Waals surface area contributed by atoms with Crippen LogP contribution in [0.25, 0.3) is 0 Å². The first-order chi connectivity index (χ1) is 9.39. The molecule has 2 rings (SSSR count). The summed E-state index contributed by atoms with van der Waals surface area (Å²) >= 11 is 0. The topological polar surface area (TPSA) is 42.0 Å². The van der Waals surface area contributed by atoms with Gasteiger partial charge in [-0.3, -0.25) is 4.79 Å². The van der Waals surface area contributed by atoms with E-state index < -0.39 is 5.95 Å². The molecule has 1 aliphatic rings. The van der Waals surface area contributed by atoms with Crippen LogP contribution in [-0.2, 0) is 0 Å². The molecule has 0 radical (unpaired) electrons. The Morgan fingerprint density at radius 2 is 2.05 bits per heavy atom. The van der Waals surface area contributed by atoms with Gasteiger partial charge in [-0.25, -0.2) is 4.98 Å². The van der Waals surface area contributed by atoms with Gasteiger partial charge in [0.2, 0.25) is 5.95 Å². The molecule has 3 nitrogen and oxygen atoms in total. The van der Waals surface area contributed by atoms with Crippen molar-refractivity contribution >= 4 is 5.91 Å². The molecule has 1 N–H and O–H groups in total. The van der Waals surface area contributed by atoms with Crippen molar-refractivity contribution in [2.24, 2.45) is 11.3 Å². The molecule has 1 aliphatic carbocycles. The third-order valence-corrected chi connectivity index (χ3v) is 4.20. The number of hydrogen-bond acceptors (Lipinski definition) is 2. The molecule has 2 unspecified atom stereocenters.